The van der Waals surface area contributed by atoms with Crippen LogP contribution in [0, 0.1) is 12.7 Å². The number of fused-ring (bicyclic) bond motifs is 1. The van der Waals surface area contributed by atoms with E-state index in [0.29, 0.717) is 37.4 Å². The summed E-state index contributed by atoms with van der Waals surface area (Å²) in [6, 6.07) is 11.9. The fraction of sp³-hybridized carbons (Fsp3) is 0.308. The molecule has 2 aromatic carbocycles. The fourth-order valence-corrected chi connectivity index (χ4v) is 4.59. The Kier molecular flexibility index (Phi) is 5.93. The van der Waals surface area contributed by atoms with E-state index in [9.17, 15) is 19.1 Å². The van der Waals surface area contributed by atoms with Crippen molar-refractivity contribution in [2.24, 2.45) is 0 Å². The van der Waals surface area contributed by atoms with Gasteiger partial charge in [-0.3, -0.25) is 14.5 Å². The molecule has 1 fully saturated rings. The Labute approximate surface area is 196 Å². The molecule has 1 aromatic heterocycles. The number of ether oxygens (including phenoxy) is 1. The quantitative estimate of drug-likeness (QED) is 0.559. The number of aryl methyl sites for hydroxylation is 1. The van der Waals surface area contributed by atoms with Crippen LogP contribution < -0.4 is 0 Å². The van der Waals surface area contributed by atoms with Crippen LogP contribution >= 0.6 is 0 Å². The molecule has 34 heavy (non-hydrogen) atoms. The van der Waals surface area contributed by atoms with E-state index in [0.717, 1.165) is 24.0 Å². The van der Waals surface area contributed by atoms with Gasteiger partial charge in [-0.25, -0.2) is 4.39 Å². The topological polar surface area (TPSA) is 83.2 Å². The number of nitrogens with zero attached hydrogens (tertiary/aromatic N) is 2. The molecule has 1 saturated heterocycles. The minimum Gasteiger partial charge on any atom is -0.503 e. The summed E-state index contributed by atoms with van der Waals surface area (Å²) in [4.78, 5) is 30.3. The Morgan fingerprint density at radius 1 is 1.09 bits per heavy atom. The molecule has 1 atom stereocenters. The molecule has 5 rings (SSSR count). The summed E-state index contributed by atoms with van der Waals surface area (Å²) >= 11 is 0. The van der Waals surface area contributed by atoms with E-state index in [4.69, 9.17) is 9.15 Å². The SMILES string of the molecule is Cc1ccc2oc(C(=O)C3=C(O)C(=O)N(CCN4CCOCC4)C3c3ccc(F)cc3)cc2c1. The number of rotatable bonds is 6. The van der Waals surface area contributed by atoms with Gasteiger partial charge in [0.25, 0.3) is 5.91 Å². The zero-order valence-electron chi connectivity index (χ0n) is 18.8. The first-order valence-electron chi connectivity index (χ1n) is 11.3. The van der Waals surface area contributed by atoms with Crippen molar-refractivity contribution in [3.05, 3.63) is 82.6 Å². The van der Waals surface area contributed by atoms with E-state index in [1.165, 1.54) is 29.2 Å². The Hall–Kier alpha value is -3.49. The molecule has 1 N–H and O–H groups in total. The molecule has 0 aliphatic carbocycles. The lowest BCUT2D eigenvalue weighted by Crippen LogP contribution is -2.43. The van der Waals surface area contributed by atoms with Crippen LogP contribution in [0.1, 0.15) is 27.7 Å². The summed E-state index contributed by atoms with van der Waals surface area (Å²) < 4.78 is 24.8. The molecular formula is C26H25FN2O5. The van der Waals surface area contributed by atoms with Gasteiger partial charge < -0.3 is 19.2 Å². The largest absolute Gasteiger partial charge is 0.503 e. The first-order valence-corrected chi connectivity index (χ1v) is 11.3. The van der Waals surface area contributed by atoms with E-state index < -0.39 is 29.3 Å². The maximum atomic E-state index is 13.6. The third kappa shape index (κ3) is 4.10. The molecule has 3 heterocycles. The van der Waals surface area contributed by atoms with Crippen LogP contribution in [0.25, 0.3) is 11.0 Å². The Bertz CT molecular complexity index is 1270. The number of ketones is 1. The van der Waals surface area contributed by atoms with Crippen molar-refractivity contribution in [2.45, 2.75) is 13.0 Å². The van der Waals surface area contributed by atoms with Gasteiger partial charge >= 0.3 is 0 Å². The molecule has 1 unspecified atom stereocenters. The normalized spacial score (nSPS) is 19.4. The van der Waals surface area contributed by atoms with Crippen molar-refractivity contribution in [1.82, 2.24) is 9.80 Å². The highest BCUT2D eigenvalue weighted by atomic mass is 19.1. The Morgan fingerprint density at radius 2 is 1.82 bits per heavy atom. The maximum Gasteiger partial charge on any atom is 0.290 e. The number of amides is 1. The molecule has 2 aliphatic rings. The van der Waals surface area contributed by atoms with Gasteiger partial charge in [0, 0.05) is 31.6 Å². The number of carbonyl (C=O) groups is 2. The lowest BCUT2D eigenvalue weighted by molar-refractivity contribution is -0.129. The van der Waals surface area contributed by atoms with Crippen molar-refractivity contribution >= 4 is 22.7 Å². The van der Waals surface area contributed by atoms with E-state index in [2.05, 4.69) is 4.90 Å². The molecular weight excluding hydrogens is 439 g/mol. The number of halogens is 1. The van der Waals surface area contributed by atoms with Gasteiger partial charge in [0.05, 0.1) is 24.8 Å². The second-order valence-corrected chi connectivity index (χ2v) is 8.65. The Balaban J connectivity index is 1.50. The molecule has 7 nitrogen and oxygen atoms in total. The zero-order valence-corrected chi connectivity index (χ0v) is 18.8. The molecule has 0 saturated carbocycles. The predicted molar refractivity (Wildman–Crippen MR) is 123 cm³/mol. The summed E-state index contributed by atoms with van der Waals surface area (Å²) in [5.41, 5.74) is 2.04. The molecule has 0 radical (unpaired) electrons. The first kappa shape index (κ1) is 22.3. The number of furan rings is 1. The van der Waals surface area contributed by atoms with E-state index >= 15 is 0 Å². The van der Waals surface area contributed by atoms with Gasteiger partial charge in [-0.05, 0) is 42.8 Å². The summed E-state index contributed by atoms with van der Waals surface area (Å²) in [6.45, 7) is 5.52. The van der Waals surface area contributed by atoms with Crippen LogP contribution in [-0.4, -0.2) is 66.0 Å². The predicted octanol–water partition coefficient (Wildman–Crippen LogP) is 3.79. The van der Waals surface area contributed by atoms with E-state index in [-0.39, 0.29) is 11.3 Å². The zero-order chi connectivity index (χ0) is 23.8. The van der Waals surface area contributed by atoms with Gasteiger partial charge in [-0.2, -0.15) is 0 Å². The fourth-order valence-electron chi connectivity index (χ4n) is 4.59. The summed E-state index contributed by atoms with van der Waals surface area (Å²) in [7, 11) is 0. The highest BCUT2D eigenvalue weighted by Crippen LogP contribution is 2.39. The number of benzene rings is 2. The highest BCUT2D eigenvalue weighted by molar-refractivity contribution is 6.16. The third-order valence-electron chi connectivity index (χ3n) is 6.39. The van der Waals surface area contributed by atoms with Crippen molar-refractivity contribution < 1.29 is 28.2 Å². The number of hydrogen-bond acceptors (Lipinski definition) is 6. The summed E-state index contributed by atoms with van der Waals surface area (Å²) in [6.07, 6.45) is 0. The summed E-state index contributed by atoms with van der Waals surface area (Å²) in [5.74, 6) is -2.18. The Morgan fingerprint density at radius 3 is 2.56 bits per heavy atom. The number of aliphatic hydroxyl groups is 1. The second kappa shape index (κ2) is 9.04. The molecule has 2 aliphatic heterocycles. The second-order valence-electron chi connectivity index (χ2n) is 8.65. The summed E-state index contributed by atoms with van der Waals surface area (Å²) in [5, 5.41) is 11.6. The number of morpholine rings is 1. The molecule has 8 heteroatoms. The number of Topliss-reactive ketones (excluding diaryl/α,β-unsaturated/α-hetero) is 1. The van der Waals surface area contributed by atoms with Gasteiger partial charge in [0.1, 0.15) is 11.4 Å². The van der Waals surface area contributed by atoms with Crippen LogP contribution in [0.3, 0.4) is 0 Å². The van der Waals surface area contributed by atoms with Gasteiger partial charge in [-0.1, -0.05) is 23.8 Å². The van der Waals surface area contributed by atoms with Crippen LogP contribution in [0.5, 0.6) is 0 Å². The molecule has 0 spiro atoms. The monoisotopic (exact) mass is 464 g/mol. The van der Waals surface area contributed by atoms with E-state index in [1.807, 2.05) is 19.1 Å². The molecule has 3 aromatic rings. The lowest BCUT2D eigenvalue weighted by atomic mass is 9.95. The highest BCUT2D eigenvalue weighted by Gasteiger charge is 2.44. The van der Waals surface area contributed by atoms with Crippen LogP contribution in [0.15, 0.2) is 64.3 Å². The van der Waals surface area contributed by atoms with Gasteiger partial charge in [0.2, 0.25) is 5.78 Å². The first-order chi connectivity index (χ1) is 16.4. The minimum absolute atomic E-state index is 0.0390. The number of aliphatic hydroxyl groups excluding tert-OH is 1. The van der Waals surface area contributed by atoms with Crippen LogP contribution in [0.2, 0.25) is 0 Å². The average molecular weight is 464 g/mol. The van der Waals surface area contributed by atoms with Crippen LogP contribution in [-0.2, 0) is 9.53 Å². The van der Waals surface area contributed by atoms with Crippen molar-refractivity contribution in [3.8, 4) is 0 Å². The van der Waals surface area contributed by atoms with Gasteiger partial charge in [-0.15, -0.1) is 0 Å². The van der Waals surface area contributed by atoms with E-state index in [1.54, 1.807) is 12.1 Å². The maximum absolute atomic E-state index is 13.6. The third-order valence-corrected chi connectivity index (χ3v) is 6.39. The minimum atomic E-state index is -0.850. The lowest BCUT2D eigenvalue weighted by Gasteiger charge is -2.31. The van der Waals surface area contributed by atoms with Crippen molar-refractivity contribution in [1.29, 1.82) is 0 Å². The van der Waals surface area contributed by atoms with Gasteiger partial charge in [0.15, 0.2) is 11.5 Å². The number of carbonyl (C=O) groups excluding carboxylic acids is 2. The van der Waals surface area contributed by atoms with Crippen LogP contribution in [0.4, 0.5) is 4.39 Å². The van der Waals surface area contributed by atoms with Crippen molar-refractivity contribution in [2.75, 3.05) is 39.4 Å². The molecule has 0 bridgehead atoms. The average Bonchev–Trinajstić information content (AvgIpc) is 3.37. The smallest absolute Gasteiger partial charge is 0.290 e. The molecule has 176 valence electrons. The molecule has 1 amide bonds. The number of hydrogen-bond donors (Lipinski definition) is 1. The standard InChI is InChI=1S/C26H25FN2O5/c1-16-2-7-20-18(14-16)15-21(34-20)24(30)22-23(17-3-5-19(27)6-4-17)29(26(32)25(22)31)9-8-28-10-12-33-13-11-28/h2-7,14-15,23,31H,8-13H2,1H3. The van der Waals surface area contributed by atoms with Crippen molar-refractivity contribution in [3.63, 3.8) is 0 Å².